The smallest absolute Gasteiger partial charge is 0.343 e. The van der Waals surface area contributed by atoms with Crippen molar-refractivity contribution in [2.75, 3.05) is 13.7 Å². The lowest BCUT2D eigenvalue weighted by Gasteiger charge is -2.10. The van der Waals surface area contributed by atoms with E-state index in [1.54, 1.807) is 18.2 Å². The molecule has 0 radical (unpaired) electrons. The van der Waals surface area contributed by atoms with Crippen LogP contribution in [0.4, 0.5) is 0 Å². The molecular formula is C11H11ClO4. The summed E-state index contributed by atoms with van der Waals surface area (Å²) >= 11 is 5.87. The molecule has 86 valence electrons. The zero-order valence-electron chi connectivity index (χ0n) is 8.95. The summed E-state index contributed by atoms with van der Waals surface area (Å²) in [6.45, 7) is 1.12. The van der Waals surface area contributed by atoms with Crippen LogP contribution < -0.4 is 4.74 Å². The number of esters is 1. The van der Waals surface area contributed by atoms with Crippen LogP contribution in [-0.2, 0) is 9.53 Å². The number of rotatable bonds is 4. The second-order valence-electron chi connectivity index (χ2n) is 3.04. The molecule has 1 aromatic rings. The molecule has 16 heavy (non-hydrogen) atoms. The lowest BCUT2D eigenvalue weighted by Crippen LogP contribution is -2.14. The average molecular weight is 243 g/mol. The molecule has 0 aliphatic carbocycles. The third-order valence-electron chi connectivity index (χ3n) is 1.91. The van der Waals surface area contributed by atoms with E-state index in [1.807, 2.05) is 0 Å². The average Bonchev–Trinajstić information content (AvgIpc) is 2.26. The first-order valence-electron chi connectivity index (χ1n) is 4.55. The van der Waals surface area contributed by atoms with Crippen molar-refractivity contribution >= 4 is 23.4 Å². The van der Waals surface area contributed by atoms with E-state index in [9.17, 15) is 9.59 Å². The molecule has 0 atom stereocenters. The molecule has 0 saturated heterocycles. The highest BCUT2D eigenvalue weighted by atomic mass is 35.5. The van der Waals surface area contributed by atoms with Crippen LogP contribution >= 0.6 is 11.6 Å². The number of carbonyl (C=O) groups excluding carboxylic acids is 2. The monoisotopic (exact) mass is 242 g/mol. The van der Waals surface area contributed by atoms with Gasteiger partial charge in [-0.15, -0.1) is 0 Å². The molecule has 5 heteroatoms. The quantitative estimate of drug-likeness (QED) is 0.599. The second kappa shape index (κ2) is 5.51. The van der Waals surface area contributed by atoms with E-state index in [2.05, 4.69) is 4.74 Å². The molecule has 0 spiro atoms. The predicted octanol–water partition coefficient (Wildman–Crippen LogP) is 2.09. The molecule has 0 heterocycles. The van der Waals surface area contributed by atoms with Gasteiger partial charge in [0.2, 0.25) is 0 Å². The number of methoxy groups -OCH3 is 1. The number of carbonyl (C=O) groups is 2. The number of ketones is 1. The fraction of sp³-hybridized carbons (Fsp3) is 0.273. The third-order valence-corrected chi connectivity index (χ3v) is 2.21. The van der Waals surface area contributed by atoms with E-state index in [0.717, 1.165) is 0 Å². The van der Waals surface area contributed by atoms with E-state index >= 15 is 0 Å². The van der Waals surface area contributed by atoms with Crippen molar-refractivity contribution < 1.29 is 19.1 Å². The summed E-state index contributed by atoms with van der Waals surface area (Å²) in [5.74, 6) is -0.501. The standard InChI is InChI=1S/C11H11ClO4/c1-7(13)8-4-3-5-9(12)11(8)16-6-10(14)15-2/h3-5H,6H2,1-2H3. The molecule has 0 unspecified atom stereocenters. The predicted molar refractivity (Wildman–Crippen MR) is 59.0 cm³/mol. The van der Waals surface area contributed by atoms with Gasteiger partial charge in [0.15, 0.2) is 12.4 Å². The second-order valence-corrected chi connectivity index (χ2v) is 3.44. The van der Waals surface area contributed by atoms with Gasteiger partial charge in [0, 0.05) is 0 Å². The molecule has 0 aliphatic rings. The maximum absolute atomic E-state index is 11.3. The topological polar surface area (TPSA) is 52.6 Å². The maximum atomic E-state index is 11.3. The summed E-state index contributed by atoms with van der Waals surface area (Å²) in [6, 6.07) is 4.81. The van der Waals surface area contributed by atoms with Gasteiger partial charge in [0.1, 0.15) is 5.75 Å². The molecule has 0 saturated carbocycles. The summed E-state index contributed by atoms with van der Waals surface area (Å²) in [6.07, 6.45) is 0. The van der Waals surface area contributed by atoms with E-state index in [0.29, 0.717) is 5.56 Å². The van der Waals surface area contributed by atoms with Gasteiger partial charge in [-0.25, -0.2) is 4.79 Å². The molecule has 0 N–H and O–H groups in total. The zero-order chi connectivity index (χ0) is 12.1. The number of hydrogen-bond donors (Lipinski definition) is 0. The van der Waals surface area contributed by atoms with Gasteiger partial charge in [0.25, 0.3) is 0 Å². The van der Waals surface area contributed by atoms with Crippen LogP contribution in [0.1, 0.15) is 17.3 Å². The minimum Gasteiger partial charge on any atom is -0.480 e. The van der Waals surface area contributed by atoms with Gasteiger partial charge < -0.3 is 9.47 Å². The molecule has 0 aliphatic heterocycles. The van der Waals surface area contributed by atoms with Crippen molar-refractivity contribution in [2.45, 2.75) is 6.92 Å². The Morgan fingerprint density at radius 3 is 2.62 bits per heavy atom. The minimum atomic E-state index is -0.533. The van der Waals surface area contributed by atoms with Gasteiger partial charge in [-0.1, -0.05) is 17.7 Å². The number of Topliss-reactive ketones (excluding diaryl/α,β-unsaturated/α-hetero) is 1. The number of ether oxygens (including phenoxy) is 2. The Morgan fingerprint density at radius 2 is 2.06 bits per heavy atom. The first-order chi connectivity index (χ1) is 7.56. The van der Waals surface area contributed by atoms with Gasteiger partial charge in [-0.3, -0.25) is 4.79 Å². The van der Waals surface area contributed by atoms with Crippen LogP contribution in [-0.4, -0.2) is 25.5 Å². The molecule has 0 bridgehead atoms. The van der Waals surface area contributed by atoms with Crippen molar-refractivity contribution in [3.63, 3.8) is 0 Å². The summed E-state index contributed by atoms with van der Waals surface area (Å²) in [4.78, 5) is 22.2. The summed E-state index contributed by atoms with van der Waals surface area (Å²) < 4.78 is 9.57. The van der Waals surface area contributed by atoms with Gasteiger partial charge in [-0.2, -0.15) is 0 Å². The number of para-hydroxylation sites is 1. The van der Waals surface area contributed by atoms with Gasteiger partial charge in [-0.05, 0) is 19.1 Å². The highest BCUT2D eigenvalue weighted by Crippen LogP contribution is 2.28. The fourth-order valence-corrected chi connectivity index (χ4v) is 1.35. The Kier molecular flexibility index (Phi) is 4.31. The Hall–Kier alpha value is -1.55. The maximum Gasteiger partial charge on any atom is 0.343 e. The minimum absolute atomic E-state index is 0.178. The van der Waals surface area contributed by atoms with Crippen LogP contribution in [0.2, 0.25) is 5.02 Å². The Labute approximate surface area is 98.1 Å². The van der Waals surface area contributed by atoms with Crippen molar-refractivity contribution in [1.82, 2.24) is 0 Å². The highest BCUT2D eigenvalue weighted by molar-refractivity contribution is 6.32. The molecule has 0 aromatic heterocycles. The Balaban J connectivity index is 2.93. The summed E-state index contributed by atoms with van der Waals surface area (Å²) in [7, 11) is 1.25. The third kappa shape index (κ3) is 2.97. The molecule has 1 rings (SSSR count). The first-order valence-corrected chi connectivity index (χ1v) is 4.93. The largest absolute Gasteiger partial charge is 0.480 e. The lowest BCUT2D eigenvalue weighted by molar-refractivity contribution is -0.142. The molecule has 1 aromatic carbocycles. The molecular weight excluding hydrogens is 232 g/mol. The van der Waals surface area contributed by atoms with Crippen molar-refractivity contribution in [3.05, 3.63) is 28.8 Å². The molecule has 0 amide bonds. The SMILES string of the molecule is COC(=O)COc1c(Cl)cccc1C(C)=O. The van der Waals surface area contributed by atoms with Crippen LogP contribution in [0.25, 0.3) is 0 Å². The van der Waals surface area contributed by atoms with Gasteiger partial charge >= 0.3 is 5.97 Å². The van der Waals surface area contributed by atoms with Crippen LogP contribution in [0, 0.1) is 0 Å². The zero-order valence-corrected chi connectivity index (χ0v) is 9.71. The van der Waals surface area contributed by atoms with E-state index in [4.69, 9.17) is 16.3 Å². The van der Waals surface area contributed by atoms with E-state index in [-0.39, 0.29) is 23.2 Å². The normalized spacial score (nSPS) is 9.69. The Morgan fingerprint density at radius 1 is 1.38 bits per heavy atom. The number of hydrogen-bond acceptors (Lipinski definition) is 4. The number of halogens is 1. The fourth-order valence-electron chi connectivity index (χ4n) is 1.12. The van der Waals surface area contributed by atoms with Crippen LogP contribution in [0.15, 0.2) is 18.2 Å². The number of benzene rings is 1. The molecule has 4 nitrogen and oxygen atoms in total. The van der Waals surface area contributed by atoms with Crippen molar-refractivity contribution in [2.24, 2.45) is 0 Å². The van der Waals surface area contributed by atoms with Gasteiger partial charge in [0.05, 0.1) is 17.7 Å². The lowest BCUT2D eigenvalue weighted by atomic mass is 10.1. The van der Waals surface area contributed by atoms with Crippen molar-refractivity contribution in [1.29, 1.82) is 0 Å². The van der Waals surface area contributed by atoms with E-state index in [1.165, 1.54) is 14.0 Å². The Bertz CT molecular complexity index is 414. The van der Waals surface area contributed by atoms with E-state index < -0.39 is 5.97 Å². The van der Waals surface area contributed by atoms with Crippen molar-refractivity contribution in [3.8, 4) is 5.75 Å². The van der Waals surface area contributed by atoms with Crippen LogP contribution in [0.3, 0.4) is 0 Å². The molecule has 0 fully saturated rings. The van der Waals surface area contributed by atoms with Crippen LogP contribution in [0.5, 0.6) is 5.75 Å². The summed E-state index contributed by atoms with van der Waals surface area (Å²) in [5.41, 5.74) is 0.344. The first kappa shape index (κ1) is 12.5. The highest BCUT2D eigenvalue weighted by Gasteiger charge is 2.13. The summed E-state index contributed by atoms with van der Waals surface area (Å²) in [5, 5.41) is 0.289.